The van der Waals surface area contributed by atoms with Crippen molar-refractivity contribution in [3.63, 3.8) is 0 Å². The van der Waals surface area contributed by atoms with Crippen molar-refractivity contribution in [3.8, 4) is 5.75 Å². The molecule has 0 atom stereocenters. The van der Waals surface area contributed by atoms with Gasteiger partial charge in [-0.3, -0.25) is 5.01 Å². The summed E-state index contributed by atoms with van der Waals surface area (Å²) in [6, 6.07) is 15.8. The van der Waals surface area contributed by atoms with Crippen LogP contribution in [0, 0.1) is 0 Å². The molecule has 3 nitrogen and oxygen atoms in total. The molecule has 19 heavy (non-hydrogen) atoms. The van der Waals surface area contributed by atoms with Crippen LogP contribution in [0.25, 0.3) is 0 Å². The Labute approximate surface area is 121 Å². The number of halogens is 1. The van der Waals surface area contributed by atoms with Crippen molar-refractivity contribution >= 4 is 27.8 Å². The van der Waals surface area contributed by atoms with Crippen LogP contribution >= 0.6 is 15.9 Å². The summed E-state index contributed by atoms with van der Waals surface area (Å²) >= 11 is 3.45. The van der Waals surface area contributed by atoms with E-state index in [0.717, 1.165) is 21.5 Å². The fourth-order valence-electron chi connectivity index (χ4n) is 1.67. The van der Waals surface area contributed by atoms with Gasteiger partial charge in [0.05, 0.1) is 19.0 Å². The van der Waals surface area contributed by atoms with Gasteiger partial charge in [-0.25, -0.2) is 0 Å². The lowest BCUT2D eigenvalue weighted by atomic mass is 10.2. The second-order valence-corrected chi connectivity index (χ2v) is 4.91. The van der Waals surface area contributed by atoms with Crippen LogP contribution in [-0.4, -0.2) is 20.4 Å². The van der Waals surface area contributed by atoms with Crippen LogP contribution in [0.5, 0.6) is 5.75 Å². The van der Waals surface area contributed by atoms with Gasteiger partial charge in [0.2, 0.25) is 0 Å². The third kappa shape index (κ3) is 3.58. The Bertz CT molecular complexity index is 570. The maximum absolute atomic E-state index is 5.31. The quantitative estimate of drug-likeness (QED) is 0.630. The maximum atomic E-state index is 5.31. The van der Waals surface area contributed by atoms with Gasteiger partial charge in [-0.05, 0) is 30.3 Å². The monoisotopic (exact) mass is 318 g/mol. The number of hydrazone groups is 1. The van der Waals surface area contributed by atoms with E-state index < -0.39 is 0 Å². The van der Waals surface area contributed by atoms with Crippen molar-refractivity contribution in [3.05, 3.63) is 58.6 Å². The SMILES string of the molecule is COc1ccc(Br)cc1/C=N/N(C)c1ccccc1. The third-order valence-corrected chi connectivity index (χ3v) is 3.18. The molecule has 0 heterocycles. The highest BCUT2D eigenvalue weighted by Crippen LogP contribution is 2.21. The van der Waals surface area contributed by atoms with Gasteiger partial charge >= 0.3 is 0 Å². The van der Waals surface area contributed by atoms with E-state index in [1.165, 1.54) is 0 Å². The van der Waals surface area contributed by atoms with Crippen LogP contribution in [0.1, 0.15) is 5.56 Å². The smallest absolute Gasteiger partial charge is 0.127 e. The standard InChI is InChI=1S/C15H15BrN2O/c1-18(14-6-4-3-5-7-14)17-11-12-10-13(16)8-9-15(12)19-2/h3-11H,1-2H3/b17-11+. The second kappa shape index (κ2) is 6.38. The molecule has 2 rings (SSSR count). The molecule has 98 valence electrons. The number of benzene rings is 2. The van der Waals surface area contributed by atoms with Crippen LogP contribution in [0.3, 0.4) is 0 Å². The lowest BCUT2D eigenvalue weighted by molar-refractivity contribution is 0.414. The average molecular weight is 319 g/mol. The van der Waals surface area contributed by atoms with Gasteiger partial charge in [0.25, 0.3) is 0 Å². The van der Waals surface area contributed by atoms with Crippen molar-refractivity contribution in [2.24, 2.45) is 5.10 Å². The van der Waals surface area contributed by atoms with Gasteiger partial charge in [-0.1, -0.05) is 34.1 Å². The first kappa shape index (κ1) is 13.6. The summed E-state index contributed by atoms with van der Waals surface area (Å²) in [5, 5.41) is 6.24. The third-order valence-electron chi connectivity index (χ3n) is 2.69. The number of hydrogen-bond acceptors (Lipinski definition) is 3. The molecular formula is C15H15BrN2O. The normalized spacial score (nSPS) is 10.7. The number of anilines is 1. The Morgan fingerprint density at radius 1 is 1.16 bits per heavy atom. The van der Waals surface area contributed by atoms with E-state index in [1.807, 2.05) is 60.6 Å². The molecule has 0 amide bonds. The zero-order valence-electron chi connectivity index (χ0n) is 10.9. The predicted octanol–water partition coefficient (Wildman–Crippen LogP) is 3.93. The molecule has 4 heteroatoms. The first-order chi connectivity index (χ1) is 9.20. The molecule has 0 aromatic heterocycles. The lowest BCUT2D eigenvalue weighted by Crippen LogP contribution is -2.08. The van der Waals surface area contributed by atoms with E-state index >= 15 is 0 Å². The summed E-state index contributed by atoms with van der Waals surface area (Å²) in [4.78, 5) is 0. The average Bonchev–Trinajstić information content (AvgIpc) is 2.46. The molecule has 0 spiro atoms. The molecule has 2 aromatic carbocycles. The zero-order chi connectivity index (χ0) is 13.7. The Balaban J connectivity index is 2.21. The van der Waals surface area contributed by atoms with Crippen LogP contribution in [0.2, 0.25) is 0 Å². The summed E-state index contributed by atoms with van der Waals surface area (Å²) in [5.74, 6) is 0.799. The highest BCUT2D eigenvalue weighted by atomic mass is 79.9. The molecule has 0 saturated heterocycles. The summed E-state index contributed by atoms with van der Waals surface area (Å²) in [6.45, 7) is 0. The molecule has 2 aromatic rings. The first-order valence-corrected chi connectivity index (χ1v) is 6.66. The second-order valence-electron chi connectivity index (χ2n) is 3.99. The van der Waals surface area contributed by atoms with Gasteiger partial charge in [-0.15, -0.1) is 0 Å². The minimum absolute atomic E-state index is 0.799. The van der Waals surface area contributed by atoms with E-state index in [2.05, 4.69) is 21.0 Å². The van der Waals surface area contributed by atoms with Gasteiger partial charge in [0.1, 0.15) is 5.75 Å². The molecule has 0 aliphatic rings. The van der Waals surface area contributed by atoms with Gasteiger partial charge < -0.3 is 4.74 Å². The van der Waals surface area contributed by atoms with Gasteiger partial charge in [0.15, 0.2) is 0 Å². The zero-order valence-corrected chi connectivity index (χ0v) is 12.5. The number of hydrogen-bond donors (Lipinski definition) is 0. The highest BCUT2D eigenvalue weighted by Gasteiger charge is 2.02. The molecule has 0 radical (unpaired) electrons. The van der Waals surface area contributed by atoms with Gasteiger partial charge in [0, 0.05) is 17.1 Å². The van der Waals surface area contributed by atoms with Crippen LogP contribution in [-0.2, 0) is 0 Å². The van der Waals surface area contributed by atoms with Crippen molar-refractivity contribution in [2.75, 3.05) is 19.2 Å². The van der Waals surface area contributed by atoms with Crippen molar-refractivity contribution in [1.82, 2.24) is 0 Å². The van der Waals surface area contributed by atoms with Crippen LogP contribution in [0.4, 0.5) is 5.69 Å². The summed E-state index contributed by atoms with van der Waals surface area (Å²) in [7, 11) is 3.57. The molecule has 0 N–H and O–H groups in total. The minimum atomic E-state index is 0.799. The van der Waals surface area contributed by atoms with E-state index in [1.54, 1.807) is 13.3 Å². The number of nitrogens with zero attached hydrogens (tertiary/aromatic N) is 2. The predicted molar refractivity (Wildman–Crippen MR) is 83.1 cm³/mol. The summed E-state index contributed by atoms with van der Waals surface area (Å²) in [5.41, 5.74) is 1.97. The summed E-state index contributed by atoms with van der Waals surface area (Å²) in [6.07, 6.45) is 1.79. The van der Waals surface area contributed by atoms with Crippen LogP contribution < -0.4 is 9.75 Å². The van der Waals surface area contributed by atoms with E-state index in [9.17, 15) is 0 Å². The number of ether oxygens (including phenoxy) is 1. The Morgan fingerprint density at radius 3 is 2.58 bits per heavy atom. The Hall–Kier alpha value is -1.81. The molecule has 0 fully saturated rings. The number of methoxy groups -OCH3 is 1. The van der Waals surface area contributed by atoms with Crippen molar-refractivity contribution in [1.29, 1.82) is 0 Å². The van der Waals surface area contributed by atoms with E-state index in [4.69, 9.17) is 4.74 Å². The van der Waals surface area contributed by atoms with E-state index in [0.29, 0.717) is 0 Å². The largest absolute Gasteiger partial charge is 0.496 e. The molecule has 0 bridgehead atoms. The molecule has 0 aliphatic heterocycles. The number of para-hydroxylation sites is 1. The maximum Gasteiger partial charge on any atom is 0.127 e. The van der Waals surface area contributed by atoms with Crippen molar-refractivity contribution in [2.45, 2.75) is 0 Å². The van der Waals surface area contributed by atoms with E-state index in [-0.39, 0.29) is 0 Å². The Kier molecular flexibility index (Phi) is 4.58. The fourth-order valence-corrected chi connectivity index (χ4v) is 2.04. The topological polar surface area (TPSA) is 24.8 Å². The summed E-state index contributed by atoms with van der Waals surface area (Å²) < 4.78 is 6.31. The molecule has 0 saturated carbocycles. The molecular weight excluding hydrogens is 304 g/mol. The van der Waals surface area contributed by atoms with Crippen molar-refractivity contribution < 1.29 is 4.74 Å². The lowest BCUT2D eigenvalue weighted by Gasteiger charge is -2.12. The van der Waals surface area contributed by atoms with Crippen LogP contribution in [0.15, 0.2) is 58.1 Å². The molecule has 0 unspecified atom stereocenters. The Morgan fingerprint density at radius 2 is 1.89 bits per heavy atom. The highest BCUT2D eigenvalue weighted by molar-refractivity contribution is 9.10. The fraction of sp³-hybridized carbons (Fsp3) is 0.133. The number of rotatable bonds is 4. The first-order valence-electron chi connectivity index (χ1n) is 5.87. The van der Waals surface area contributed by atoms with Gasteiger partial charge in [-0.2, -0.15) is 5.10 Å². The minimum Gasteiger partial charge on any atom is -0.496 e. The molecule has 0 aliphatic carbocycles.